The average molecular weight is 237 g/mol. The molecular weight excluding hydrogens is 222 g/mol. The third-order valence-electron chi connectivity index (χ3n) is 2.70. The molecule has 1 atom stereocenters. The lowest BCUT2D eigenvalue weighted by Gasteiger charge is -2.18. The fourth-order valence-electron chi connectivity index (χ4n) is 1.86. The maximum atomic E-state index is 8.61. The highest BCUT2D eigenvalue weighted by Crippen LogP contribution is 2.19. The van der Waals surface area contributed by atoms with Crippen LogP contribution in [0.3, 0.4) is 0 Å². The number of hydrogen-bond donors (Lipinski definition) is 1. The van der Waals surface area contributed by atoms with Crippen LogP contribution in [0.25, 0.3) is 0 Å². The van der Waals surface area contributed by atoms with Gasteiger partial charge < -0.3 is 5.32 Å². The van der Waals surface area contributed by atoms with Crippen LogP contribution in [0.1, 0.15) is 23.7 Å². The molecule has 0 saturated heterocycles. The Balaban J connectivity index is 2.21. The second kappa shape index (κ2) is 6.53. The zero-order valence-electron chi connectivity index (χ0n) is 10.1. The number of benzene rings is 1. The van der Waals surface area contributed by atoms with Crippen molar-refractivity contribution >= 4 is 0 Å². The van der Waals surface area contributed by atoms with Gasteiger partial charge in [0.2, 0.25) is 0 Å². The summed E-state index contributed by atoms with van der Waals surface area (Å²) in [4.78, 5) is 4.39. The van der Waals surface area contributed by atoms with Crippen molar-refractivity contribution in [2.75, 3.05) is 6.54 Å². The quantitative estimate of drug-likeness (QED) is 0.813. The lowest BCUT2D eigenvalue weighted by atomic mass is 10.0. The van der Waals surface area contributed by atoms with Gasteiger partial charge in [-0.1, -0.05) is 36.4 Å². The number of pyridine rings is 1. The van der Waals surface area contributed by atoms with Gasteiger partial charge in [-0.3, -0.25) is 4.98 Å². The number of nitriles is 1. The molecule has 1 heterocycles. The number of nitrogens with one attached hydrogen (secondary N) is 1. The van der Waals surface area contributed by atoms with Crippen molar-refractivity contribution in [3.8, 4) is 6.07 Å². The summed E-state index contributed by atoms with van der Waals surface area (Å²) in [6, 6.07) is 18.2. The predicted molar refractivity (Wildman–Crippen MR) is 70.8 cm³/mol. The molecule has 2 aromatic rings. The van der Waals surface area contributed by atoms with E-state index in [1.807, 2.05) is 36.4 Å². The molecule has 1 aromatic carbocycles. The Kier molecular flexibility index (Phi) is 4.46. The molecule has 0 radical (unpaired) electrons. The van der Waals surface area contributed by atoms with E-state index in [2.05, 4.69) is 28.5 Å². The Labute approximate surface area is 107 Å². The molecule has 0 amide bonds. The van der Waals surface area contributed by atoms with Gasteiger partial charge in [0.15, 0.2) is 0 Å². The van der Waals surface area contributed by atoms with Crippen LogP contribution in [-0.4, -0.2) is 11.5 Å². The molecule has 2 rings (SSSR count). The van der Waals surface area contributed by atoms with Crippen molar-refractivity contribution in [2.24, 2.45) is 0 Å². The normalized spacial score (nSPS) is 11.7. The molecule has 1 unspecified atom stereocenters. The van der Waals surface area contributed by atoms with E-state index >= 15 is 0 Å². The highest BCUT2D eigenvalue weighted by molar-refractivity contribution is 5.27. The topological polar surface area (TPSA) is 48.7 Å². The molecule has 18 heavy (non-hydrogen) atoms. The maximum Gasteiger partial charge on any atom is 0.0751 e. The first-order valence-corrected chi connectivity index (χ1v) is 5.98. The molecular formula is C15H15N3. The molecule has 90 valence electrons. The van der Waals surface area contributed by atoms with E-state index in [1.165, 1.54) is 0 Å². The van der Waals surface area contributed by atoms with Gasteiger partial charge in [-0.05, 0) is 17.7 Å². The summed E-state index contributed by atoms with van der Waals surface area (Å²) in [5.41, 5.74) is 2.13. The summed E-state index contributed by atoms with van der Waals surface area (Å²) in [6.45, 7) is 0.659. The minimum Gasteiger partial charge on any atom is -0.304 e. The first-order chi connectivity index (χ1) is 8.92. The summed E-state index contributed by atoms with van der Waals surface area (Å²) in [6.07, 6.45) is 2.29. The highest BCUT2D eigenvalue weighted by Gasteiger charge is 2.13. The van der Waals surface area contributed by atoms with Crippen molar-refractivity contribution in [1.82, 2.24) is 10.3 Å². The molecule has 0 bridgehead atoms. The standard InChI is InChI=1S/C15H15N3/c16-10-6-12-18-15(13-7-2-1-3-8-13)14-9-4-5-11-17-14/h1-5,7-9,11,15,18H,6,12H2. The average Bonchev–Trinajstić information content (AvgIpc) is 2.46. The Morgan fingerprint density at radius 1 is 1.11 bits per heavy atom. The summed E-state index contributed by atoms with van der Waals surface area (Å²) in [5, 5.41) is 12.0. The van der Waals surface area contributed by atoms with Crippen LogP contribution in [0, 0.1) is 11.3 Å². The Hall–Kier alpha value is -2.18. The van der Waals surface area contributed by atoms with Gasteiger partial charge in [-0.15, -0.1) is 0 Å². The monoisotopic (exact) mass is 237 g/mol. The molecule has 1 N–H and O–H groups in total. The summed E-state index contributed by atoms with van der Waals surface area (Å²) >= 11 is 0. The second-order valence-electron chi connectivity index (χ2n) is 3.96. The van der Waals surface area contributed by atoms with Crippen LogP contribution in [0.5, 0.6) is 0 Å². The van der Waals surface area contributed by atoms with E-state index < -0.39 is 0 Å². The maximum absolute atomic E-state index is 8.61. The number of aromatic nitrogens is 1. The number of rotatable bonds is 5. The van der Waals surface area contributed by atoms with Crippen LogP contribution in [0.2, 0.25) is 0 Å². The first kappa shape index (κ1) is 12.3. The fraction of sp³-hybridized carbons (Fsp3) is 0.200. The largest absolute Gasteiger partial charge is 0.304 e. The van der Waals surface area contributed by atoms with Crippen LogP contribution >= 0.6 is 0 Å². The van der Waals surface area contributed by atoms with Crippen LogP contribution in [-0.2, 0) is 0 Å². The molecule has 0 saturated carbocycles. The Morgan fingerprint density at radius 3 is 2.56 bits per heavy atom. The summed E-state index contributed by atoms with van der Waals surface area (Å²) in [7, 11) is 0. The zero-order valence-corrected chi connectivity index (χ0v) is 10.1. The molecule has 3 heteroatoms. The number of nitrogens with zero attached hydrogens (tertiary/aromatic N) is 2. The highest BCUT2D eigenvalue weighted by atomic mass is 14.9. The van der Waals surface area contributed by atoms with E-state index in [-0.39, 0.29) is 6.04 Å². The van der Waals surface area contributed by atoms with Gasteiger partial charge in [0.25, 0.3) is 0 Å². The third kappa shape index (κ3) is 3.16. The van der Waals surface area contributed by atoms with E-state index in [0.717, 1.165) is 11.3 Å². The number of hydrogen-bond acceptors (Lipinski definition) is 3. The van der Waals surface area contributed by atoms with Gasteiger partial charge in [0.05, 0.1) is 17.8 Å². The van der Waals surface area contributed by atoms with E-state index in [9.17, 15) is 0 Å². The van der Waals surface area contributed by atoms with E-state index in [0.29, 0.717) is 13.0 Å². The van der Waals surface area contributed by atoms with Crippen LogP contribution in [0.4, 0.5) is 0 Å². The molecule has 1 aromatic heterocycles. The smallest absolute Gasteiger partial charge is 0.0751 e. The van der Waals surface area contributed by atoms with Crippen LogP contribution < -0.4 is 5.32 Å². The second-order valence-corrected chi connectivity index (χ2v) is 3.96. The van der Waals surface area contributed by atoms with E-state index in [4.69, 9.17) is 5.26 Å². The van der Waals surface area contributed by atoms with Gasteiger partial charge >= 0.3 is 0 Å². The Bertz CT molecular complexity index is 463. The molecule has 3 nitrogen and oxygen atoms in total. The lowest BCUT2D eigenvalue weighted by molar-refractivity contribution is 0.600. The lowest BCUT2D eigenvalue weighted by Crippen LogP contribution is -2.24. The SMILES string of the molecule is N#CCCNC(c1ccccc1)c1ccccn1. The minimum atomic E-state index is 0.0424. The van der Waals surface area contributed by atoms with E-state index in [1.54, 1.807) is 6.20 Å². The molecule has 0 aliphatic carbocycles. The fourth-order valence-corrected chi connectivity index (χ4v) is 1.86. The van der Waals surface area contributed by atoms with Crippen LogP contribution in [0.15, 0.2) is 54.7 Å². The van der Waals surface area contributed by atoms with Crippen molar-refractivity contribution in [3.05, 3.63) is 66.0 Å². The summed E-state index contributed by atoms with van der Waals surface area (Å²) < 4.78 is 0. The molecule has 0 aliphatic rings. The van der Waals surface area contributed by atoms with Crippen molar-refractivity contribution in [1.29, 1.82) is 5.26 Å². The molecule has 0 spiro atoms. The van der Waals surface area contributed by atoms with Gasteiger partial charge in [0, 0.05) is 19.2 Å². The Morgan fingerprint density at radius 2 is 1.89 bits per heavy atom. The summed E-state index contributed by atoms with van der Waals surface area (Å²) in [5.74, 6) is 0. The van der Waals surface area contributed by atoms with Gasteiger partial charge in [-0.25, -0.2) is 0 Å². The molecule has 0 fully saturated rings. The van der Waals surface area contributed by atoms with Gasteiger partial charge in [0.1, 0.15) is 0 Å². The molecule has 0 aliphatic heterocycles. The van der Waals surface area contributed by atoms with Crippen molar-refractivity contribution in [3.63, 3.8) is 0 Å². The minimum absolute atomic E-state index is 0.0424. The first-order valence-electron chi connectivity index (χ1n) is 5.98. The van der Waals surface area contributed by atoms with Crippen molar-refractivity contribution in [2.45, 2.75) is 12.5 Å². The zero-order chi connectivity index (χ0) is 12.6. The van der Waals surface area contributed by atoms with Crippen molar-refractivity contribution < 1.29 is 0 Å². The van der Waals surface area contributed by atoms with Gasteiger partial charge in [-0.2, -0.15) is 5.26 Å². The predicted octanol–water partition coefficient (Wildman–Crippen LogP) is 2.67. The third-order valence-corrected chi connectivity index (χ3v) is 2.70.